The van der Waals surface area contributed by atoms with Crippen LogP contribution in [0, 0.1) is 6.92 Å². The summed E-state index contributed by atoms with van der Waals surface area (Å²) in [6.07, 6.45) is 1.62. The van der Waals surface area contributed by atoms with Crippen molar-refractivity contribution in [3.63, 3.8) is 0 Å². The van der Waals surface area contributed by atoms with Gasteiger partial charge >= 0.3 is 0 Å². The number of hydrogen-bond acceptors (Lipinski definition) is 2. The zero-order valence-corrected chi connectivity index (χ0v) is 10.1. The van der Waals surface area contributed by atoms with E-state index in [-0.39, 0.29) is 6.04 Å². The number of nitrogens with zero attached hydrogens (tertiary/aromatic N) is 2. The maximum atomic E-state index is 6.17. The topological polar surface area (TPSA) is 43.8 Å². The minimum atomic E-state index is -0.236. The summed E-state index contributed by atoms with van der Waals surface area (Å²) in [5, 5.41) is 4.69. The molecule has 2 rings (SSSR count). The van der Waals surface area contributed by atoms with Crippen LogP contribution in [0.4, 0.5) is 0 Å². The van der Waals surface area contributed by atoms with Gasteiger partial charge in [-0.15, -0.1) is 0 Å². The van der Waals surface area contributed by atoms with Crippen molar-refractivity contribution in [1.29, 1.82) is 0 Å². The average molecular weight is 236 g/mol. The molecule has 0 saturated heterocycles. The molecule has 0 saturated carbocycles. The van der Waals surface area contributed by atoms with Crippen LogP contribution >= 0.6 is 11.6 Å². The molecule has 0 aliphatic rings. The fourth-order valence-corrected chi connectivity index (χ4v) is 1.99. The van der Waals surface area contributed by atoms with Crippen molar-refractivity contribution in [3.05, 3.63) is 52.3 Å². The zero-order valence-electron chi connectivity index (χ0n) is 9.31. The minimum absolute atomic E-state index is 0.236. The molecule has 4 heteroatoms. The normalized spacial score (nSPS) is 12.8. The standard InChI is InChI=1S/C12H14ClN3/c1-8-3-5-9(6-4-8)11(14)12-10(13)7-15-16(12)2/h3-7,11H,14H2,1-2H3. The van der Waals surface area contributed by atoms with E-state index in [2.05, 4.69) is 5.10 Å². The van der Waals surface area contributed by atoms with Crippen molar-refractivity contribution in [2.75, 3.05) is 0 Å². The van der Waals surface area contributed by atoms with E-state index in [1.165, 1.54) is 5.56 Å². The Morgan fingerprint density at radius 1 is 1.31 bits per heavy atom. The molecule has 0 fully saturated rings. The first kappa shape index (κ1) is 11.2. The van der Waals surface area contributed by atoms with Crippen LogP contribution in [-0.4, -0.2) is 9.78 Å². The van der Waals surface area contributed by atoms with E-state index in [1.807, 2.05) is 38.2 Å². The van der Waals surface area contributed by atoms with Gasteiger partial charge in [-0.25, -0.2) is 0 Å². The molecular formula is C12H14ClN3. The highest BCUT2D eigenvalue weighted by molar-refractivity contribution is 6.31. The first-order chi connectivity index (χ1) is 7.59. The van der Waals surface area contributed by atoms with E-state index in [9.17, 15) is 0 Å². The molecule has 0 aliphatic heterocycles. The third-order valence-corrected chi connectivity index (χ3v) is 2.96. The third-order valence-electron chi connectivity index (χ3n) is 2.67. The Bertz CT molecular complexity index is 468. The molecule has 84 valence electrons. The summed E-state index contributed by atoms with van der Waals surface area (Å²) in [7, 11) is 1.84. The minimum Gasteiger partial charge on any atom is -0.319 e. The largest absolute Gasteiger partial charge is 0.319 e. The summed E-state index contributed by atoms with van der Waals surface area (Å²) >= 11 is 6.06. The van der Waals surface area contributed by atoms with E-state index in [0.717, 1.165) is 11.3 Å². The molecule has 1 unspecified atom stereocenters. The maximum absolute atomic E-state index is 6.17. The number of hydrogen-bond donors (Lipinski definition) is 1. The molecule has 1 atom stereocenters. The Kier molecular flexibility index (Phi) is 2.99. The lowest BCUT2D eigenvalue weighted by molar-refractivity contribution is 0.673. The van der Waals surface area contributed by atoms with Crippen molar-refractivity contribution in [3.8, 4) is 0 Å². The molecule has 1 aromatic carbocycles. The average Bonchev–Trinajstić information content (AvgIpc) is 2.59. The van der Waals surface area contributed by atoms with Gasteiger partial charge in [0.15, 0.2) is 0 Å². The predicted molar refractivity (Wildman–Crippen MR) is 65.4 cm³/mol. The number of halogens is 1. The highest BCUT2D eigenvalue weighted by atomic mass is 35.5. The Morgan fingerprint density at radius 3 is 2.44 bits per heavy atom. The Labute approximate surface area is 99.8 Å². The second-order valence-corrected chi connectivity index (χ2v) is 4.30. The van der Waals surface area contributed by atoms with Gasteiger partial charge < -0.3 is 5.73 Å². The Balaban J connectivity index is 2.39. The molecular weight excluding hydrogens is 222 g/mol. The van der Waals surface area contributed by atoms with Gasteiger partial charge in [0.25, 0.3) is 0 Å². The summed E-state index contributed by atoms with van der Waals surface area (Å²) in [6, 6.07) is 7.88. The lowest BCUT2D eigenvalue weighted by Crippen LogP contribution is -2.16. The SMILES string of the molecule is Cc1ccc(C(N)c2c(Cl)cnn2C)cc1. The number of rotatable bonds is 2. The van der Waals surface area contributed by atoms with E-state index < -0.39 is 0 Å². The monoisotopic (exact) mass is 235 g/mol. The van der Waals surface area contributed by atoms with Gasteiger partial charge in [0.1, 0.15) is 0 Å². The number of aryl methyl sites for hydroxylation is 2. The molecule has 16 heavy (non-hydrogen) atoms. The van der Waals surface area contributed by atoms with Gasteiger partial charge in [0, 0.05) is 7.05 Å². The van der Waals surface area contributed by atoms with Crippen molar-refractivity contribution in [1.82, 2.24) is 9.78 Å². The molecule has 0 aliphatic carbocycles. The van der Waals surface area contributed by atoms with Gasteiger partial charge in [-0.1, -0.05) is 41.4 Å². The summed E-state index contributed by atoms with van der Waals surface area (Å²) < 4.78 is 1.72. The zero-order chi connectivity index (χ0) is 11.7. The molecule has 2 aromatic rings. The van der Waals surface area contributed by atoms with Crippen LogP contribution in [0.5, 0.6) is 0 Å². The van der Waals surface area contributed by atoms with Crippen molar-refractivity contribution >= 4 is 11.6 Å². The van der Waals surface area contributed by atoms with E-state index in [1.54, 1.807) is 10.9 Å². The van der Waals surface area contributed by atoms with Crippen LogP contribution in [0.3, 0.4) is 0 Å². The molecule has 1 aromatic heterocycles. The summed E-state index contributed by atoms with van der Waals surface area (Å²) in [6.45, 7) is 2.05. The van der Waals surface area contributed by atoms with Crippen LogP contribution in [0.25, 0.3) is 0 Å². The van der Waals surface area contributed by atoms with Crippen molar-refractivity contribution in [2.45, 2.75) is 13.0 Å². The van der Waals surface area contributed by atoms with Crippen LogP contribution in [0.2, 0.25) is 5.02 Å². The first-order valence-electron chi connectivity index (χ1n) is 5.09. The Hall–Kier alpha value is -1.32. The fraction of sp³-hybridized carbons (Fsp3) is 0.250. The van der Waals surface area contributed by atoms with E-state index in [0.29, 0.717) is 5.02 Å². The molecule has 0 bridgehead atoms. The molecule has 0 spiro atoms. The molecule has 2 N–H and O–H groups in total. The van der Waals surface area contributed by atoms with Gasteiger partial charge in [-0.3, -0.25) is 4.68 Å². The second kappa shape index (κ2) is 4.28. The van der Waals surface area contributed by atoms with Gasteiger partial charge in [-0.05, 0) is 12.5 Å². The van der Waals surface area contributed by atoms with Crippen LogP contribution in [0.1, 0.15) is 22.9 Å². The second-order valence-electron chi connectivity index (χ2n) is 3.89. The molecule has 3 nitrogen and oxygen atoms in total. The summed E-state index contributed by atoms with van der Waals surface area (Å²) in [5.74, 6) is 0. The third kappa shape index (κ3) is 1.96. The van der Waals surface area contributed by atoms with Crippen molar-refractivity contribution in [2.24, 2.45) is 12.8 Å². The molecule has 0 amide bonds. The summed E-state index contributed by atoms with van der Waals surface area (Å²) in [5.41, 5.74) is 9.26. The lowest BCUT2D eigenvalue weighted by atomic mass is 10.0. The summed E-state index contributed by atoms with van der Waals surface area (Å²) in [4.78, 5) is 0. The highest BCUT2D eigenvalue weighted by Gasteiger charge is 2.16. The first-order valence-corrected chi connectivity index (χ1v) is 5.47. The van der Waals surface area contributed by atoms with Gasteiger partial charge in [0.2, 0.25) is 0 Å². The van der Waals surface area contributed by atoms with E-state index >= 15 is 0 Å². The highest BCUT2D eigenvalue weighted by Crippen LogP contribution is 2.25. The maximum Gasteiger partial charge on any atom is 0.0837 e. The lowest BCUT2D eigenvalue weighted by Gasteiger charge is -2.13. The fourth-order valence-electron chi connectivity index (χ4n) is 1.70. The van der Waals surface area contributed by atoms with Crippen molar-refractivity contribution < 1.29 is 0 Å². The predicted octanol–water partition coefficient (Wildman–Crippen LogP) is 2.43. The number of benzene rings is 1. The van der Waals surface area contributed by atoms with Crippen LogP contribution in [0.15, 0.2) is 30.5 Å². The molecule has 1 heterocycles. The number of aromatic nitrogens is 2. The van der Waals surface area contributed by atoms with Crippen LogP contribution in [-0.2, 0) is 7.05 Å². The van der Waals surface area contributed by atoms with Gasteiger partial charge in [-0.2, -0.15) is 5.10 Å². The smallest absolute Gasteiger partial charge is 0.0837 e. The Morgan fingerprint density at radius 2 is 1.94 bits per heavy atom. The van der Waals surface area contributed by atoms with E-state index in [4.69, 9.17) is 17.3 Å². The van der Waals surface area contributed by atoms with Gasteiger partial charge in [0.05, 0.1) is 23.0 Å². The molecule has 0 radical (unpaired) electrons. The number of nitrogens with two attached hydrogens (primary N) is 1. The quantitative estimate of drug-likeness (QED) is 0.869. The van der Waals surface area contributed by atoms with Crippen LogP contribution < -0.4 is 5.73 Å².